The first-order valence-electron chi connectivity index (χ1n) is 11.0. The van der Waals surface area contributed by atoms with E-state index in [9.17, 15) is 0 Å². The van der Waals surface area contributed by atoms with E-state index in [2.05, 4.69) is 108 Å². The van der Waals surface area contributed by atoms with E-state index in [4.69, 9.17) is 9.16 Å². The first kappa shape index (κ1) is 22.5. The standard InChI is InChI=1S/C25H38O2Si2/c1-8-25(23(27-25)28(5,6)7)19-20-26-29(24(2,3)4,21-15-11-9-12-16-21)22-17-13-10-14-18-22/h9-18,23H,8,19-20H2,1-7H3/t23-,25-/m1/s1. The number of epoxide rings is 1. The Morgan fingerprint density at radius 3 is 1.72 bits per heavy atom. The van der Waals surface area contributed by atoms with Crippen LogP contribution in [0.1, 0.15) is 40.5 Å². The fourth-order valence-corrected chi connectivity index (χ4v) is 12.0. The van der Waals surface area contributed by atoms with Crippen molar-refractivity contribution in [2.45, 2.75) is 76.5 Å². The predicted molar refractivity (Wildman–Crippen MR) is 129 cm³/mol. The molecule has 2 aromatic carbocycles. The number of hydrogen-bond donors (Lipinski definition) is 0. The molecule has 0 unspecified atom stereocenters. The summed E-state index contributed by atoms with van der Waals surface area (Å²) in [5.74, 6) is 0. The van der Waals surface area contributed by atoms with E-state index in [0.717, 1.165) is 19.4 Å². The zero-order valence-electron chi connectivity index (χ0n) is 19.3. The van der Waals surface area contributed by atoms with Gasteiger partial charge in [-0.05, 0) is 21.8 Å². The van der Waals surface area contributed by atoms with Gasteiger partial charge in [0.15, 0.2) is 0 Å². The number of hydrogen-bond acceptors (Lipinski definition) is 2. The first-order chi connectivity index (χ1) is 13.6. The Bertz CT molecular complexity index is 754. The van der Waals surface area contributed by atoms with Gasteiger partial charge >= 0.3 is 0 Å². The molecule has 1 heterocycles. The van der Waals surface area contributed by atoms with Gasteiger partial charge in [0.1, 0.15) is 0 Å². The fraction of sp³-hybridized carbons (Fsp3) is 0.520. The third-order valence-corrected chi connectivity index (χ3v) is 13.7. The summed E-state index contributed by atoms with van der Waals surface area (Å²) < 4.78 is 13.4. The van der Waals surface area contributed by atoms with Crippen molar-refractivity contribution >= 4 is 26.8 Å². The minimum atomic E-state index is -2.45. The van der Waals surface area contributed by atoms with Crippen molar-refractivity contribution in [3.8, 4) is 0 Å². The molecule has 1 aliphatic heterocycles. The van der Waals surface area contributed by atoms with Crippen molar-refractivity contribution in [2.75, 3.05) is 6.61 Å². The molecule has 1 saturated heterocycles. The molecule has 0 aliphatic carbocycles. The van der Waals surface area contributed by atoms with Gasteiger partial charge in [0, 0.05) is 13.0 Å². The maximum absolute atomic E-state index is 7.08. The van der Waals surface area contributed by atoms with Crippen LogP contribution in [0.25, 0.3) is 0 Å². The zero-order chi connectivity index (χ0) is 21.3. The molecular formula is C25H38O2Si2. The van der Waals surface area contributed by atoms with E-state index in [0.29, 0.717) is 5.73 Å². The highest BCUT2D eigenvalue weighted by Crippen LogP contribution is 2.48. The fourth-order valence-electron chi connectivity index (χ4n) is 4.94. The molecule has 2 atom stereocenters. The molecule has 0 radical (unpaired) electrons. The molecule has 0 amide bonds. The third kappa shape index (κ3) is 4.31. The van der Waals surface area contributed by atoms with Gasteiger partial charge in [0.25, 0.3) is 8.32 Å². The Morgan fingerprint density at radius 1 is 0.897 bits per heavy atom. The van der Waals surface area contributed by atoms with Gasteiger partial charge in [0.05, 0.1) is 19.4 Å². The van der Waals surface area contributed by atoms with Crippen LogP contribution in [0, 0.1) is 0 Å². The van der Waals surface area contributed by atoms with E-state index in [1.165, 1.54) is 10.4 Å². The summed E-state index contributed by atoms with van der Waals surface area (Å²) in [5.41, 5.74) is 0.498. The molecule has 2 nitrogen and oxygen atoms in total. The smallest absolute Gasteiger partial charge is 0.261 e. The summed E-state index contributed by atoms with van der Waals surface area (Å²) in [6.07, 6.45) is 2.06. The van der Waals surface area contributed by atoms with E-state index >= 15 is 0 Å². The molecule has 0 spiro atoms. The van der Waals surface area contributed by atoms with Crippen LogP contribution in [0.3, 0.4) is 0 Å². The zero-order valence-corrected chi connectivity index (χ0v) is 21.3. The SMILES string of the molecule is CC[C@]1(CCO[Si](c2ccccc2)(c2ccccc2)C(C)(C)C)O[C@@H]1[Si](C)(C)C. The molecule has 4 heteroatoms. The van der Waals surface area contributed by atoms with E-state index in [-0.39, 0.29) is 10.6 Å². The summed E-state index contributed by atoms with van der Waals surface area (Å²) in [4.78, 5) is 0. The molecule has 29 heavy (non-hydrogen) atoms. The van der Waals surface area contributed by atoms with Crippen molar-refractivity contribution in [1.29, 1.82) is 0 Å². The van der Waals surface area contributed by atoms with Crippen LogP contribution in [0.2, 0.25) is 24.7 Å². The first-order valence-corrected chi connectivity index (χ1v) is 16.5. The molecule has 0 saturated carbocycles. The highest BCUT2D eigenvalue weighted by Gasteiger charge is 2.60. The molecule has 1 fully saturated rings. The summed E-state index contributed by atoms with van der Waals surface area (Å²) in [7, 11) is -3.75. The van der Waals surface area contributed by atoms with Crippen molar-refractivity contribution in [3.05, 3.63) is 60.7 Å². The Hall–Kier alpha value is -1.21. The van der Waals surface area contributed by atoms with E-state index in [1.807, 2.05) is 0 Å². The molecule has 2 aromatic rings. The largest absolute Gasteiger partial charge is 0.407 e. The molecule has 3 rings (SSSR count). The second-order valence-electron chi connectivity index (χ2n) is 10.5. The highest BCUT2D eigenvalue weighted by molar-refractivity contribution is 6.99. The Balaban J connectivity index is 1.93. The second-order valence-corrected chi connectivity index (χ2v) is 20.1. The molecule has 0 N–H and O–H groups in total. The second kappa shape index (κ2) is 8.14. The van der Waals surface area contributed by atoms with Crippen LogP contribution in [0.5, 0.6) is 0 Å². The maximum Gasteiger partial charge on any atom is 0.261 e. The quantitative estimate of drug-likeness (QED) is 0.418. The van der Waals surface area contributed by atoms with E-state index in [1.54, 1.807) is 0 Å². The van der Waals surface area contributed by atoms with Gasteiger partial charge in [-0.2, -0.15) is 0 Å². The lowest BCUT2D eigenvalue weighted by molar-refractivity contribution is 0.214. The van der Waals surface area contributed by atoms with Crippen LogP contribution in [-0.4, -0.2) is 34.3 Å². The summed E-state index contributed by atoms with van der Waals surface area (Å²) >= 11 is 0. The van der Waals surface area contributed by atoms with Crippen molar-refractivity contribution in [1.82, 2.24) is 0 Å². The molecular weight excluding hydrogens is 388 g/mol. The van der Waals surface area contributed by atoms with Crippen molar-refractivity contribution in [3.63, 3.8) is 0 Å². The van der Waals surface area contributed by atoms with Crippen LogP contribution in [0.15, 0.2) is 60.7 Å². The van der Waals surface area contributed by atoms with Gasteiger partial charge in [-0.15, -0.1) is 0 Å². The maximum atomic E-state index is 7.08. The summed E-state index contributed by atoms with van der Waals surface area (Å²) in [5, 5.41) is 2.72. The molecule has 0 aromatic heterocycles. The van der Waals surface area contributed by atoms with Crippen LogP contribution >= 0.6 is 0 Å². The topological polar surface area (TPSA) is 21.8 Å². The van der Waals surface area contributed by atoms with Gasteiger partial charge in [0.2, 0.25) is 0 Å². The Labute approximate surface area is 179 Å². The van der Waals surface area contributed by atoms with Gasteiger partial charge in [-0.3, -0.25) is 0 Å². The number of rotatable bonds is 8. The van der Waals surface area contributed by atoms with E-state index < -0.39 is 16.4 Å². The van der Waals surface area contributed by atoms with Crippen molar-refractivity contribution in [2.24, 2.45) is 0 Å². The van der Waals surface area contributed by atoms with Crippen LogP contribution < -0.4 is 10.4 Å². The summed E-state index contributed by atoms with van der Waals surface area (Å²) in [6.45, 7) is 17.3. The van der Waals surface area contributed by atoms with Gasteiger partial charge < -0.3 is 9.16 Å². The average Bonchev–Trinajstić information content (AvgIpc) is 3.41. The van der Waals surface area contributed by atoms with Crippen molar-refractivity contribution < 1.29 is 9.16 Å². The molecule has 1 aliphatic rings. The lowest BCUT2D eigenvalue weighted by atomic mass is 10.0. The third-order valence-electron chi connectivity index (χ3n) is 6.42. The van der Waals surface area contributed by atoms with Crippen LogP contribution in [-0.2, 0) is 9.16 Å². The average molecular weight is 427 g/mol. The number of ether oxygens (including phenoxy) is 1. The lowest BCUT2D eigenvalue weighted by Crippen LogP contribution is -2.66. The minimum Gasteiger partial charge on any atom is -0.407 e. The normalized spacial score (nSPS) is 22.5. The lowest BCUT2D eigenvalue weighted by Gasteiger charge is -2.43. The number of benzene rings is 2. The molecule has 0 bridgehead atoms. The van der Waals surface area contributed by atoms with Crippen LogP contribution in [0.4, 0.5) is 0 Å². The summed E-state index contributed by atoms with van der Waals surface area (Å²) in [6, 6.07) is 21.8. The van der Waals surface area contributed by atoms with Gasteiger partial charge in [-0.1, -0.05) is 108 Å². The molecule has 158 valence electrons. The predicted octanol–water partition coefficient (Wildman–Crippen LogP) is 5.38. The van der Waals surface area contributed by atoms with Gasteiger partial charge in [-0.25, -0.2) is 0 Å². The Morgan fingerprint density at radius 2 is 1.38 bits per heavy atom. The minimum absolute atomic E-state index is 0.0255. The highest BCUT2D eigenvalue weighted by atomic mass is 28.4. The Kier molecular flexibility index (Phi) is 6.31. The monoisotopic (exact) mass is 426 g/mol.